The average molecular weight is 295 g/mol. The van der Waals surface area contributed by atoms with Gasteiger partial charge >= 0.3 is 5.97 Å². The summed E-state index contributed by atoms with van der Waals surface area (Å²) in [5.41, 5.74) is 3.23. The lowest BCUT2D eigenvalue weighted by molar-refractivity contribution is 0.0696. The van der Waals surface area contributed by atoms with E-state index in [1.807, 2.05) is 26.0 Å². The number of aromatic nitrogens is 2. The minimum atomic E-state index is -0.993. The number of hydrogen-bond acceptors (Lipinski definition) is 2. The van der Waals surface area contributed by atoms with E-state index < -0.39 is 5.97 Å². The van der Waals surface area contributed by atoms with Crippen LogP contribution in [0.25, 0.3) is 5.69 Å². The first-order valence-electron chi connectivity index (χ1n) is 5.04. The fourth-order valence-electron chi connectivity index (χ4n) is 1.73. The molecule has 2 rings (SSSR count). The normalized spacial score (nSPS) is 10.5. The van der Waals surface area contributed by atoms with Crippen molar-refractivity contribution in [3.63, 3.8) is 0 Å². The lowest BCUT2D eigenvalue weighted by Crippen LogP contribution is -2.00. The topological polar surface area (TPSA) is 55.1 Å². The summed E-state index contributed by atoms with van der Waals surface area (Å²) in [5.74, 6) is -0.993. The van der Waals surface area contributed by atoms with Gasteiger partial charge in [0.05, 0.1) is 11.9 Å². The lowest BCUT2D eigenvalue weighted by atomic mass is 10.1. The molecule has 1 aromatic carbocycles. The zero-order valence-corrected chi connectivity index (χ0v) is 11.0. The Kier molecular flexibility index (Phi) is 3.02. The Morgan fingerprint density at radius 2 is 1.88 bits per heavy atom. The van der Waals surface area contributed by atoms with Crippen LogP contribution in [0.15, 0.2) is 29.0 Å². The highest BCUT2D eigenvalue weighted by molar-refractivity contribution is 9.10. The molecule has 0 bridgehead atoms. The number of aryl methyl sites for hydroxylation is 2. The SMILES string of the molecule is Cc1cc(C)cc(-n2ncc(C(=O)O)c2Br)c1. The number of benzene rings is 1. The first-order valence-corrected chi connectivity index (χ1v) is 5.84. The lowest BCUT2D eigenvalue weighted by Gasteiger charge is -2.06. The third-order valence-electron chi connectivity index (χ3n) is 2.39. The summed E-state index contributed by atoms with van der Waals surface area (Å²) in [7, 11) is 0. The van der Waals surface area contributed by atoms with E-state index in [0.29, 0.717) is 4.60 Å². The van der Waals surface area contributed by atoms with Crippen LogP contribution in [-0.2, 0) is 0 Å². The van der Waals surface area contributed by atoms with Crippen LogP contribution in [0.1, 0.15) is 21.5 Å². The Labute approximate surface area is 107 Å². The predicted molar refractivity (Wildman–Crippen MR) is 67.7 cm³/mol. The Bertz CT molecular complexity index is 570. The van der Waals surface area contributed by atoms with E-state index in [9.17, 15) is 4.79 Å². The Hall–Kier alpha value is -1.62. The molecule has 0 radical (unpaired) electrons. The summed E-state index contributed by atoms with van der Waals surface area (Å²) >= 11 is 3.26. The molecule has 1 N–H and O–H groups in total. The van der Waals surface area contributed by atoms with E-state index >= 15 is 0 Å². The van der Waals surface area contributed by atoms with Gasteiger partial charge in [0.1, 0.15) is 10.2 Å². The van der Waals surface area contributed by atoms with E-state index in [1.165, 1.54) is 6.20 Å². The maximum Gasteiger partial charge on any atom is 0.340 e. The molecule has 0 aliphatic rings. The standard InChI is InChI=1S/C12H11BrN2O2/c1-7-3-8(2)5-9(4-7)15-11(13)10(6-14-15)12(16)17/h3-6H,1-2H3,(H,16,17). The van der Waals surface area contributed by atoms with Crippen molar-refractivity contribution in [2.75, 3.05) is 0 Å². The molecule has 88 valence electrons. The largest absolute Gasteiger partial charge is 0.478 e. The molecule has 0 spiro atoms. The fraction of sp³-hybridized carbons (Fsp3) is 0.167. The Morgan fingerprint density at radius 3 is 2.35 bits per heavy atom. The molecule has 4 nitrogen and oxygen atoms in total. The number of carbonyl (C=O) groups is 1. The molecular weight excluding hydrogens is 284 g/mol. The summed E-state index contributed by atoms with van der Waals surface area (Å²) in [6.45, 7) is 3.98. The molecule has 5 heteroatoms. The van der Waals surface area contributed by atoms with Crippen LogP contribution in [0, 0.1) is 13.8 Å². The molecule has 2 aromatic rings. The summed E-state index contributed by atoms with van der Waals surface area (Å²) in [4.78, 5) is 10.9. The molecular formula is C12H11BrN2O2. The maximum absolute atomic E-state index is 10.9. The van der Waals surface area contributed by atoms with Gasteiger partial charge in [-0.05, 0) is 53.0 Å². The number of halogens is 1. The van der Waals surface area contributed by atoms with Crippen LogP contribution in [0.5, 0.6) is 0 Å². The first-order chi connectivity index (χ1) is 7.99. The highest BCUT2D eigenvalue weighted by Crippen LogP contribution is 2.22. The van der Waals surface area contributed by atoms with Crippen LogP contribution in [0.4, 0.5) is 0 Å². The molecule has 0 fully saturated rings. The van der Waals surface area contributed by atoms with Gasteiger partial charge in [-0.25, -0.2) is 9.48 Å². The molecule has 0 unspecified atom stereocenters. The van der Waals surface area contributed by atoms with Crippen molar-refractivity contribution < 1.29 is 9.90 Å². The van der Waals surface area contributed by atoms with Gasteiger partial charge in [0.2, 0.25) is 0 Å². The fourth-order valence-corrected chi connectivity index (χ4v) is 2.30. The van der Waals surface area contributed by atoms with Crippen molar-refractivity contribution in [2.45, 2.75) is 13.8 Å². The van der Waals surface area contributed by atoms with Gasteiger partial charge in [-0.3, -0.25) is 0 Å². The zero-order valence-electron chi connectivity index (χ0n) is 9.44. The predicted octanol–water partition coefficient (Wildman–Crippen LogP) is 2.95. The van der Waals surface area contributed by atoms with Crippen molar-refractivity contribution >= 4 is 21.9 Å². The minimum Gasteiger partial charge on any atom is -0.478 e. The Morgan fingerprint density at radius 1 is 1.29 bits per heavy atom. The number of hydrogen-bond donors (Lipinski definition) is 1. The van der Waals surface area contributed by atoms with Crippen LogP contribution in [-0.4, -0.2) is 20.9 Å². The van der Waals surface area contributed by atoms with Crippen molar-refractivity contribution in [1.29, 1.82) is 0 Å². The summed E-state index contributed by atoms with van der Waals surface area (Å²) < 4.78 is 2.03. The number of carboxylic acid groups (broad SMARTS) is 1. The van der Waals surface area contributed by atoms with Crippen molar-refractivity contribution in [2.24, 2.45) is 0 Å². The second-order valence-electron chi connectivity index (χ2n) is 3.91. The van der Waals surface area contributed by atoms with Gasteiger partial charge in [0.15, 0.2) is 0 Å². The minimum absolute atomic E-state index is 0.157. The molecule has 0 atom stereocenters. The van der Waals surface area contributed by atoms with Crippen LogP contribution in [0.2, 0.25) is 0 Å². The molecule has 0 saturated carbocycles. The van der Waals surface area contributed by atoms with E-state index in [0.717, 1.165) is 16.8 Å². The monoisotopic (exact) mass is 294 g/mol. The van der Waals surface area contributed by atoms with Gasteiger partial charge in [0.25, 0.3) is 0 Å². The number of carboxylic acids is 1. The molecule has 1 aromatic heterocycles. The quantitative estimate of drug-likeness (QED) is 0.926. The van der Waals surface area contributed by atoms with E-state index in [2.05, 4.69) is 27.1 Å². The molecule has 17 heavy (non-hydrogen) atoms. The summed E-state index contributed by atoms with van der Waals surface area (Å²) in [6, 6.07) is 5.96. The molecule has 1 heterocycles. The average Bonchev–Trinajstić information content (AvgIpc) is 2.58. The Balaban J connectivity index is 2.57. The highest BCUT2D eigenvalue weighted by Gasteiger charge is 2.15. The van der Waals surface area contributed by atoms with Crippen molar-refractivity contribution in [3.8, 4) is 5.69 Å². The van der Waals surface area contributed by atoms with Crippen LogP contribution < -0.4 is 0 Å². The third-order valence-corrected chi connectivity index (χ3v) is 3.16. The first kappa shape index (κ1) is 11.9. The molecule has 0 aliphatic carbocycles. The van der Waals surface area contributed by atoms with Gasteiger partial charge in [0, 0.05) is 0 Å². The van der Waals surface area contributed by atoms with Crippen molar-refractivity contribution in [1.82, 2.24) is 9.78 Å². The molecule has 0 aliphatic heterocycles. The van der Waals surface area contributed by atoms with E-state index in [1.54, 1.807) is 4.68 Å². The molecule has 0 saturated heterocycles. The van der Waals surface area contributed by atoms with Crippen molar-refractivity contribution in [3.05, 3.63) is 45.7 Å². The highest BCUT2D eigenvalue weighted by atomic mass is 79.9. The second-order valence-corrected chi connectivity index (χ2v) is 4.66. The summed E-state index contributed by atoms with van der Waals surface area (Å²) in [5, 5.41) is 13.0. The van der Waals surface area contributed by atoms with E-state index in [4.69, 9.17) is 5.11 Å². The van der Waals surface area contributed by atoms with Gasteiger partial charge < -0.3 is 5.11 Å². The second kappa shape index (κ2) is 4.33. The number of rotatable bonds is 2. The summed E-state index contributed by atoms with van der Waals surface area (Å²) in [6.07, 6.45) is 1.34. The maximum atomic E-state index is 10.9. The van der Waals surface area contributed by atoms with Gasteiger partial charge in [-0.15, -0.1) is 0 Å². The third kappa shape index (κ3) is 2.24. The van der Waals surface area contributed by atoms with Gasteiger partial charge in [-0.1, -0.05) is 6.07 Å². The van der Waals surface area contributed by atoms with E-state index in [-0.39, 0.29) is 5.56 Å². The zero-order chi connectivity index (χ0) is 12.6. The number of nitrogens with zero attached hydrogens (tertiary/aromatic N) is 2. The van der Waals surface area contributed by atoms with Crippen LogP contribution >= 0.6 is 15.9 Å². The molecule has 0 amide bonds. The van der Waals surface area contributed by atoms with Gasteiger partial charge in [-0.2, -0.15) is 5.10 Å². The number of aromatic carboxylic acids is 1. The smallest absolute Gasteiger partial charge is 0.340 e. The van der Waals surface area contributed by atoms with Crippen LogP contribution in [0.3, 0.4) is 0 Å².